The summed E-state index contributed by atoms with van der Waals surface area (Å²) in [4.78, 5) is 16.5. The van der Waals surface area contributed by atoms with Crippen molar-refractivity contribution in [2.75, 3.05) is 0 Å². The Morgan fingerprint density at radius 1 is 1.50 bits per heavy atom. The van der Waals surface area contributed by atoms with Gasteiger partial charge < -0.3 is 9.72 Å². The quantitative estimate of drug-likeness (QED) is 0.730. The lowest BCUT2D eigenvalue weighted by atomic mass is 10.2. The Morgan fingerprint density at radius 3 is 2.94 bits per heavy atom. The maximum atomic E-state index is 11.8. The van der Waals surface area contributed by atoms with Crippen LogP contribution in [0.4, 0.5) is 4.79 Å². The SMILES string of the molecule is CC(C)(C)OC(=O)N1C=Cc2[nH]ccc2C1. The number of carbonyl (C=O) groups excluding carboxylic acids is 1. The molecule has 1 amide bonds. The van der Waals surface area contributed by atoms with Gasteiger partial charge in [-0.05, 0) is 38.5 Å². The van der Waals surface area contributed by atoms with Gasteiger partial charge in [-0.15, -0.1) is 0 Å². The van der Waals surface area contributed by atoms with Crippen molar-refractivity contribution in [1.82, 2.24) is 9.88 Å². The third-order valence-corrected chi connectivity index (χ3v) is 2.26. The van der Waals surface area contributed by atoms with Crippen molar-refractivity contribution in [2.45, 2.75) is 32.9 Å². The van der Waals surface area contributed by atoms with E-state index in [9.17, 15) is 4.79 Å². The highest BCUT2D eigenvalue weighted by Crippen LogP contribution is 2.20. The standard InChI is InChI=1S/C12H16N2O2/c1-12(2,3)16-11(15)14-7-5-10-9(8-14)4-6-13-10/h4-7,13H,8H2,1-3H3. The highest BCUT2D eigenvalue weighted by Gasteiger charge is 2.23. The molecule has 0 aromatic carbocycles. The summed E-state index contributed by atoms with van der Waals surface area (Å²) in [5, 5.41) is 0. The summed E-state index contributed by atoms with van der Waals surface area (Å²) in [6, 6.07) is 1.97. The minimum Gasteiger partial charge on any atom is -0.443 e. The average Bonchev–Trinajstić information content (AvgIpc) is 2.61. The average molecular weight is 220 g/mol. The van der Waals surface area contributed by atoms with Crippen LogP contribution in [-0.2, 0) is 11.3 Å². The Kier molecular flexibility index (Phi) is 2.50. The lowest BCUT2D eigenvalue weighted by Gasteiger charge is -2.26. The Morgan fingerprint density at radius 2 is 2.25 bits per heavy atom. The molecule has 4 heteroatoms. The number of hydrogen-bond acceptors (Lipinski definition) is 2. The third kappa shape index (κ3) is 2.27. The van der Waals surface area contributed by atoms with Crippen molar-refractivity contribution in [3.8, 4) is 0 Å². The van der Waals surface area contributed by atoms with Gasteiger partial charge >= 0.3 is 6.09 Å². The number of aromatic nitrogens is 1. The van der Waals surface area contributed by atoms with Gasteiger partial charge in [0.25, 0.3) is 0 Å². The molecule has 1 aromatic heterocycles. The molecular weight excluding hydrogens is 204 g/mol. The van der Waals surface area contributed by atoms with Gasteiger partial charge in [-0.1, -0.05) is 0 Å². The molecule has 2 heterocycles. The molecule has 4 nitrogen and oxygen atoms in total. The van der Waals surface area contributed by atoms with Gasteiger partial charge in [-0.25, -0.2) is 4.79 Å². The Labute approximate surface area is 94.9 Å². The van der Waals surface area contributed by atoms with Crippen LogP contribution in [0.2, 0.25) is 0 Å². The first-order valence-electron chi connectivity index (χ1n) is 5.30. The largest absolute Gasteiger partial charge is 0.443 e. The van der Waals surface area contributed by atoms with Gasteiger partial charge in [0.1, 0.15) is 5.60 Å². The number of aromatic amines is 1. The highest BCUT2D eigenvalue weighted by atomic mass is 16.6. The monoisotopic (exact) mass is 220 g/mol. The van der Waals surface area contributed by atoms with Gasteiger partial charge in [0.15, 0.2) is 0 Å². The molecule has 16 heavy (non-hydrogen) atoms. The Hall–Kier alpha value is -1.71. The first-order chi connectivity index (χ1) is 7.46. The maximum absolute atomic E-state index is 11.8. The van der Waals surface area contributed by atoms with E-state index in [2.05, 4.69) is 4.98 Å². The summed E-state index contributed by atoms with van der Waals surface area (Å²) in [5.74, 6) is 0. The van der Waals surface area contributed by atoms with Gasteiger partial charge in [-0.2, -0.15) is 0 Å². The van der Waals surface area contributed by atoms with E-state index < -0.39 is 5.60 Å². The summed E-state index contributed by atoms with van der Waals surface area (Å²) >= 11 is 0. The van der Waals surface area contributed by atoms with Crippen LogP contribution in [0.25, 0.3) is 6.08 Å². The molecule has 0 unspecified atom stereocenters. The predicted molar refractivity (Wildman–Crippen MR) is 61.6 cm³/mol. The molecule has 1 aromatic rings. The molecule has 86 valence electrons. The van der Waals surface area contributed by atoms with E-state index in [1.807, 2.05) is 39.1 Å². The molecular formula is C12H16N2O2. The van der Waals surface area contributed by atoms with Crippen LogP contribution in [0.15, 0.2) is 18.5 Å². The van der Waals surface area contributed by atoms with Crippen LogP contribution in [0.1, 0.15) is 32.0 Å². The highest BCUT2D eigenvalue weighted by molar-refractivity contribution is 5.72. The number of carbonyl (C=O) groups is 1. The fourth-order valence-electron chi connectivity index (χ4n) is 1.55. The van der Waals surface area contributed by atoms with Crippen molar-refractivity contribution < 1.29 is 9.53 Å². The zero-order chi connectivity index (χ0) is 11.8. The lowest BCUT2D eigenvalue weighted by Crippen LogP contribution is -2.34. The molecule has 0 bridgehead atoms. The predicted octanol–water partition coefficient (Wildman–Crippen LogP) is 2.74. The fraction of sp³-hybridized carbons (Fsp3) is 0.417. The molecule has 0 spiro atoms. The van der Waals surface area contributed by atoms with Crippen molar-refractivity contribution in [2.24, 2.45) is 0 Å². The zero-order valence-corrected chi connectivity index (χ0v) is 9.78. The van der Waals surface area contributed by atoms with Crippen LogP contribution in [-0.4, -0.2) is 21.6 Å². The van der Waals surface area contributed by atoms with Crippen LogP contribution >= 0.6 is 0 Å². The minimum atomic E-state index is -0.455. The first-order valence-corrected chi connectivity index (χ1v) is 5.30. The third-order valence-electron chi connectivity index (χ3n) is 2.26. The Bertz CT molecular complexity index is 426. The summed E-state index contributed by atoms with van der Waals surface area (Å²) in [6.45, 7) is 6.14. The molecule has 0 atom stereocenters. The number of rotatable bonds is 0. The molecule has 2 rings (SSSR count). The van der Waals surface area contributed by atoms with Gasteiger partial charge in [-0.3, -0.25) is 4.90 Å². The van der Waals surface area contributed by atoms with E-state index in [0.717, 1.165) is 11.3 Å². The Balaban J connectivity index is 2.06. The van der Waals surface area contributed by atoms with Gasteiger partial charge in [0, 0.05) is 18.1 Å². The van der Waals surface area contributed by atoms with Gasteiger partial charge in [0.2, 0.25) is 0 Å². The van der Waals surface area contributed by atoms with Crippen molar-refractivity contribution in [3.63, 3.8) is 0 Å². The zero-order valence-electron chi connectivity index (χ0n) is 9.78. The second kappa shape index (κ2) is 3.70. The number of fused-ring (bicyclic) bond motifs is 1. The number of nitrogens with zero attached hydrogens (tertiary/aromatic N) is 1. The molecule has 0 fully saturated rings. The molecule has 0 radical (unpaired) electrons. The summed E-state index contributed by atoms with van der Waals surface area (Å²) in [6.07, 6.45) is 5.18. The van der Waals surface area contributed by atoms with E-state index in [0.29, 0.717) is 6.54 Å². The van der Waals surface area contributed by atoms with E-state index in [-0.39, 0.29) is 6.09 Å². The molecule has 0 aliphatic carbocycles. The summed E-state index contributed by atoms with van der Waals surface area (Å²) in [7, 11) is 0. The molecule has 1 N–H and O–H groups in total. The maximum Gasteiger partial charge on any atom is 0.414 e. The van der Waals surface area contributed by atoms with Gasteiger partial charge in [0.05, 0.1) is 6.54 Å². The normalized spacial score (nSPS) is 14.8. The lowest BCUT2D eigenvalue weighted by molar-refractivity contribution is 0.0322. The first kappa shape index (κ1) is 10.8. The smallest absolute Gasteiger partial charge is 0.414 e. The van der Waals surface area contributed by atoms with Crippen LogP contribution in [0.3, 0.4) is 0 Å². The molecule has 1 aliphatic rings. The number of ether oxygens (including phenoxy) is 1. The van der Waals surface area contributed by atoms with Crippen molar-refractivity contribution >= 4 is 12.2 Å². The van der Waals surface area contributed by atoms with E-state index in [1.165, 1.54) is 0 Å². The molecule has 0 saturated carbocycles. The summed E-state index contributed by atoms with van der Waals surface area (Å²) in [5.41, 5.74) is 1.71. The second-order valence-electron chi connectivity index (χ2n) is 4.84. The number of hydrogen-bond donors (Lipinski definition) is 1. The van der Waals surface area contributed by atoms with E-state index in [4.69, 9.17) is 4.74 Å². The van der Waals surface area contributed by atoms with Crippen LogP contribution in [0, 0.1) is 0 Å². The topological polar surface area (TPSA) is 45.3 Å². The number of nitrogens with one attached hydrogen (secondary N) is 1. The summed E-state index contributed by atoms with van der Waals surface area (Å²) < 4.78 is 5.29. The van der Waals surface area contributed by atoms with Crippen LogP contribution < -0.4 is 0 Å². The fourth-order valence-corrected chi connectivity index (χ4v) is 1.55. The second-order valence-corrected chi connectivity index (χ2v) is 4.84. The molecule has 1 aliphatic heterocycles. The van der Waals surface area contributed by atoms with Crippen LogP contribution in [0.5, 0.6) is 0 Å². The van der Waals surface area contributed by atoms with Crippen molar-refractivity contribution in [1.29, 1.82) is 0 Å². The van der Waals surface area contributed by atoms with Crippen molar-refractivity contribution in [3.05, 3.63) is 29.7 Å². The molecule has 0 saturated heterocycles. The van der Waals surface area contributed by atoms with E-state index in [1.54, 1.807) is 11.1 Å². The number of H-pyrrole nitrogens is 1. The van der Waals surface area contributed by atoms with E-state index >= 15 is 0 Å². The number of amides is 1. The minimum absolute atomic E-state index is 0.310.